The molecule has 2 nitrogen and oxygen atoms in total. The minimum Gasteiger partial charge on any atom is -0.355 e. The molecule has 12 heavy (non-hydrogen) atoms. The van der Waals surface area contributed by atoms with E-state index in [-0.39, 0.29) is 5.91 Å². The lowest BCUT2D eigenvalue weighted by Crippen LogP contribution is -2.19. The predicted octanol–water partition coefficient (Wildman–Crippen LogP) is 1.20. The van der Waals surface area contributed by atoms with Gasteiger partial charge in [-0.05, 0) is 12.2 Å². The molecule has 1 N–H and O–H groups in total. The number of carbonyl (C=O) groups excluding carboxylic acids is 1. The normalized spacial score (nSPS) is 14.8. The van der Waals surface area contributed by atoms with Gasteiger partial charge in [-0.3, -0.25) is 4.79 Å². The molecule has 0 bridgehead atoms. The van der Waals surface area contributed by atoms with Crippen LogP contribution in [0.1, 0.15) is 0 Å². The molecule has 62 valence electrons. The van der Waals surface area contributed by atoms with Gasteiger partial charge in [-0.15, -0.1) is 18.4 Å². The molecule has 0 fully saturated rings. The van der Waals surface area contributed by atoms with Gasteiger partial charge in [0.1, 0.15) is 0 Å². The third-order valence-corrected chi connectivity index (χ3v) is 1.77. The predicted molar refractivity (Wildman–Crippen MR) is 51.9 cm³/mol. The Kier molecular flexibility index (Phi) is 2.97. The molecule has 0 aliphatic heterocycles. The first-order valence-electron chi connectivity index (χ1n) is 3.51. The molecule has 0 saturated carbocycles. The molecule has 0 aromatic heterocycles. The van der Waals surface area contributed by atoms with Crippen molar-refractivity contribution in [1.29, 1.82) is 0 Å². The second kappa shape index (κ2) is 4.00. The molecule has 0 unspecified atom stereocenters. The Morgan fingerprint density at radius 1 is 1.58 bits per heavy atom. The summed E-state index contributed by atoms with van der Waals surface area (Å²) in [6.45, 7) is 0. The van der Waals surface area contributed by atoms with E-state index >= 15 is 0 Å². The van der Waals surface area contributed by atoms with Gasteiger partial charge >= 0.3 is 0 Å². The van der Waals surface area contributed by atoms with Gasteiger partial charge in [0.15, 0.2) is 0 Å². The van der Waals surface area contributed by atoms with Crippen molar-refractivity contribution in [2.45, 2.75) is 0 Å². The summed E-state index contributed by atoms with van der Waals surface area (Å²) < 4.78 is 0. The number of hydrogen-bond acceptors (Lipinski definition) is 2. The number of thiol groups is 1. The highest BCUT2D eigenvalue weighted by atomic mass is 32.1. The fraction of sp³-hybridized carbons (Fsp3) is 0.111. The van der Waals surface area contributed by atoms with Crippen LogP contribution in [0.5, 0.6) is 0 Å². The SMILES string of the molecule is CNC(=O)C1=C=CC=CC=C1S. The number of allylic oxidation sites excluding steroid dienone is 3. The van der Waals surface area contributed by atoms with Crippen molar-refractivity contribution in [2.24, 2.45) is 0 Å². The zero-order valence-electron chi connectivity index (χ0n) is 6.66. The maximum absolute atomic E-state index is 11.2. The van der Waals surface area contributed by atoms with Crippen molar-refractivity contribution in [2.75, 3.05) is 7.05 Å². The number of hydrogen-bond donors (Lipinski definition) is 2. The molecular weight excluding hydrogens is 170 g/mol. The van der Waals surface area contributed by atoms with Crippen LogP contribution in [-0.4, -0.2) is 13.0 Å². The van der Waals surface area contributed by atoms with E-state index in [1.807, 2.05) is 6.08 Å². The average molecular weight is 179 g/mol. The maximum atomic E-state index is 11.2. The third kappa shape index (κ3) is 1.91. The summed E-state index contributed by atoms with van der Waals surface area (Å²) in [5.74, 6) is -0.170. The highest BCUT2D eigenvalue weighted by molar-refractivity contribution is 7.84. The maximum Gasteiger partial charge on any atom is 0.260 e. The Morgan fingerprint density at radius 3 is 3.00 bits per heavy atom. The van der Waals surface area contributed by atoms with Gasteiger partial charge in [-0.1, -0.05) is 12.2 Å². The van der Waals surface area contributed by atoms with Crippen LogP contribution in [0.2, 0.25) is 0 Å². The zero-order valence-corrected chi connectivity index (χ0v) is 7.56. The molecule has 0 heterocycles. The molecule has 3 heteroatoms. The van der Waals surface area contributed by atoms with Gasteiger partial charge in [-0.25, -0.2) is 0 Å². The van der Waals surface area contributed by atoms with Gasteiger partial charge in [0.05, 0.1) is 5.57 Å². The summed E-state index contributed by atoms with van der Waals surface area (Å²) in [5, 5.41) is 2.52. The topological polar surface area (TPSA) is 29.1 Å². The monoisotopic (exact) mass is 179 g/mol. The van der Waals surface area contributed by atoms with Crippen LogP contribution < -0.4 is 5.32 Å². The summed E-state index contributed by atoms with van der Waals surface area (Å²) >= 11 is 4.15. The van der Waals surface area contributed by atoms with Gasteiger partial charge < -0.3 is 5.32 Å². The van der Waals surface area contributed by atoms with Crippen molar-refractivity contribution in [3.63, 3.8) is 0 Å². The van der Waals surface area contributed by atoms with Crippen LogP contribution in [0.4, 0.5) is 0 Å². The molecule has 1 aliphatic rings. The summed E-state index contributed by atoms with van der Waals surface area (Å²) in [4.78, 5) is 11.8. The first kappa shape index (κ1) is 8.91. The number of rotatable bonds is 1. The van der Waals surface area contributed by atoms with E-state index in [1.165, 1.54) is 0 Å². The van der Waals surface area contributed by atoms with Crippen LogP contribution in [0.3, 0.4) is 0 Å². The van der Waals surface area contributed by atoms with Crippen molar-refractivity contribution in [3.8, 4) is 0 Å². The van der Waals surface area contributed by atoms with Gasteiger partial charge in [0, 0.05) is 12.0 Å². The van der Waals surface area contributed by atoms with E-state index in [9.17, 15) is 4.79 Å². The van der Waals surface area contributed by atoms with Crippen molar-refractivity contribution < 1.29 is 4.79 Å². The molecule has 0 spiro atoms. The Balaban J connectivity index is 3.04. The number of nitrogens with one attached hydrogen (secondary N) is 1. The summed E-state index contributed by atoms with van der Waals surface area (Å²) in [6, 6.07) is 0. The lowest BCUT2D eigenvalue weighted by molar-refractivity contribution is -0.116. The van der Waals surface area contributed by atoms with E-state index in [2.05, 4.69) is 23.7 Å². The van der Waals surface area contributed by atoms with Gasteiger partial charge in [-0.2, -0.15) is 0 Å². The fourth-order valence-electron chi connectivity index (χ4n) is 0.798. The van der Waals surface area contributed by atoms with Crippen molar-refractivity contribution in [3.05, 3.63) is 40.5 Å². The van der Waals surface area contributed by atoms with E-state index in [0.717, 1.165) is 0 Å². The summed E-state index contributed by atoms with van der Waals surface area (Å²) in [6.07, 6.45) is 7.05. The molecule has 0 aromatic carbocycles. The standard InChI is InChI=1S/C9H9NOS/c1-10-9(11)7-5-3-2-4-6-8(7)12/h2-4,6,12H,1H3,(H,10,11). The third-order valence-electron chi connectivity index (χ3n) is 1.40. The molecule has 0 aromatic rings. The summed E-state index contributed by atoms with van der Waals surface area (Å²) in [7, 11) is 1.58. The van der Waals surface area contributed by atoms with Crippen LogP contribution >= 0.6 is 12.6 Å². The quantitative estimate of drug-likeness (QED) is 0.459. The molecular formula is C9H9NOS. The fourth-order valence-corrected chi connectivity index (χ4v) is 1.05. The second-order valence-electron chi connectivity index (χ2n) is 2.20. The molecule has 1 aliphatic carbocycles. The lowest BCUT2D eigenvalue weighted by atomic mass is 10.2. The Labute approximate surface area is 76.8 Å². The van der Waals surface area contributed by atoms with Crippen molar-refractivity contribution in [1.82, 2.24) is 5.32 Å². The first-order valence-corrected chi connectivity index (χ1v) is 3.95. The Morgan fingerprint density at radius 2 is 2.33 bits per heavy atom. The van der Waals surface area contributed by atoms with Gasteiger partial charge in [0.25, 0.3) is 5.91 Å². The number of likely N-dealkylation sites (N-methyl/N-ethyl adjacent to an activating group) is 1. The minimum absolute atomic E-state index is 0.170. The highest BCUT2D eigenvalue weighted by Crippen LogP contribution is 2.14. The van der Waals surface area contributed by atoms with Crippen LogP contribution in [0.25, 0.3) is 0 Å². The minimum atomic E-state index is -0.170. The van der Waals surface area contributed by atoms with Crippen LogP contribution in [0, 0.1) is 0 Å². The van der Waals surface area contributed by atoms with Gasteiger partial charge in [0.2, 0.25) is 0 Å². The molecule has 0 radical (unpaired) electrons. The van der Waals surface area contributed by atoms with Crippen molar-refractivity contribution >= 4 is 18.5 Å². The Hall–Kier alpha value is -1.18. The number of carbonyl (C=O) groups is 1. The molecule has 0 atom stereocenters. The largest absolute Gasteiger partial charge is 0.355 e. The highest BCUT2D eigenvalue weighted by Gasteiger charge is 2.08. The second-order valence-corrected chi connectivity index (χ2v) is 2.68. The van der Waals surface area contributed by atoms with E-state index in [0.29, 0.717) is 10.5 Å². The molecule has 0 saturated heterocycles. The van der Waals surface area contributed by atoms with E-state index in [1.54, 1.807) is 25.3 Å². The van der Waals surface area contributed by atoms with Crippen LogP contribution in [0.15, 0.2) is 40.5 Å². The van der Waals surface area contributed by atoms with E-state index in [4.69, 9.17) is 0 Å². The van der Waals surface area contributed by atoms with Crippen LogP contribution in [-0.2, 0) is 4.79 Å². The van der Waals surface area contributed by atoms with E-state index < -0.39 is 0 Å². The Bertz CT molecular complexity index is 319. The zero-order chi connectivity index (χ0) is 8.97. The molecule has 1 rings (SSSR count). The average Bonchev–Trinajstić information content (AvgIpc) is 2.28. The molecule has 1 amide bonds. The number of amides is 1. The smallest absolute Gasteiger partial charge is 0.260 e. The lowest BCUT2D eigenvalue weighted by Gasteiger charge is -2.00. The summed E-state index contributed by atoms with van der Waals surface area (Å²) in [5.41, 5.74) is 3.29. The first-order chi connectivity index (χ1) is 5.75.